The molecule has 0 fully saturated rings. The number of rotatable bonds is 2. The standard InChI is InChI=1S/C47H32N4S2/c1-25-19-20-48-44-41-33-13-7-8-14-38(33)52-46(41)43(50-42(25)44)28-17-15-27(16-18-28)36-24-34-40-32-12-6-5-11-31(32)26(2)21-39(40)53-45(34)47-49-35-22-29-9-3-4-10-30(29)23-37(35)51(36)47/h3-18,20,22-26H,19,21H2,1-2H3. The summed E-state index contributed by atoms with van der Waals surface area (Å²) >= 11 is 3.76. The zero-order chi connectivity index (χ0) is 34.9. The van der Waals surface area contributed by atoms with Gasteiger partial charge in [-0.1, -0.05) is 105 Å². The molecule has 4 nitrogen and oxygen atoms in total. The van der Waals surface area contributed by atoms with E-state index in [1.54, 1.807) is 0 Å². The maximum Gasteiger partial charge on any atom is 0.156 e. The Kier molecular flexibility index (Phi) is 6.15. The van der Waals surface area contributed by atoms with Crippen LogP contribution in [0.25, 0.3) is 91.4 Å². The van der Waals surface area contributed by atoms with E-state index in [9.17, 15) is 0 Å². The lowest BCUT2D eigenvalue weighted by Gasteiger charge is -2.22. The predicted molar refractivity (Wildman–Crippen MR) is 226 cm³/mol. The smallest absolute Gasteiger partial charge is 0.156 e. The van der Waals surface area contributed by atoms with Crippen molar-refractivity contribution in [3.05, 3.63) is 131 Å². The summed E-state index contributed by atoms with van der Waals surface area (Å²) in [6.45, 7) is 4.63. The predicted octanol–water partition coefficient (Wildman–Crippen LogP) is 13.5. The average molecular weight is 717 g/mol. The molecular weight excluding hydrogens is 685 g/mol. The highest BCUT2D eigenvalue weighted by Crippen LogP contribution is 2.51. The fourth-order valence-electron chi connectivity index (χ4n) is 9.03. The number of aliphatic imine (C=N–C) groups is 1. The zero-order valence-corrected chi connectivity index (χ0v) is 30.9. The van der Waals surface area contributed by atoms with Crippen LogP contribution in [0.3, 0.4) is 0 Å². The molecule has 252 valence electrons. The van der Waals surface area contributed by atoms with Crippen LogP contribution in [0.4, 0.5) is 5.69 Å². The van der Waals surface area contributed by atoms with E-state index >= 15 is 0 Å². The van der Waals surface area contributed by atoms with E-state index in [1.807, 2.05) is 22.7 Å². The van der Waals surface area contributed by atoms with Gasteiger partial charge >= 0.3 is 0 Å². The highest BCUT2D eigenvalue weighted by atomic mass is 32.1. The second-order valence-electron chi connectivity index (χ2n) is 14.8. The van der Waals surface area contributed by atoms with Crippen LogP contribution >= 0.6 is 22.7 Å². The van der Waals surface area contributed by atoms with Gasteiger partial charge in [0.05, 0.1) is 43.2 Å². The molecule has 5 aromatic heterocycles. The van der Waals surface area contributed by atoms with Crippen LogP contribution < -0.4 is 0 Å². The van der Waals surface area contributed by atoms with E-state index in [0.29, 0.717) is 11.8 Å². The summed E-state index contributed by atoms with van der Waals surface area (Å²) in [5.41, 5.74) is 14.0. The fourth-order valence-corrected chi connectivity index (χ4v) is 11.6. The molecule has 2 unspecified atom stereocenters. The lowest BCUT2D eigenvalue weighted by molar-refractivity contribution is 0.760. The number of hydrogen-bond acceptors (Lipinski definition) is 5. The van der Waals surface area contributed by atoms with Crippen molar-refractivity contribution in [1.29, 1.82) is 0 Å². The Morgan fingerprint density at radius 1 is 0.698 bits per heavy atom. The monoisotopic (exact) mass is 716 g/mol. The molecule has 0 amide bonds. The molecular formula is C47H32N4S2. The first-order valence-corrected chi connectivity index (χ1v) is 20.1. The topological polar surface area (TPSA) is 42.5 Å². The summed E-state index contributed by atoms with van der Waals surface area (Å²) < 4.78 is 6.16. The number of imidazole rings is 1. The molecule has 5 aromatic carbocycles. The Morgan fingerprint density at radius 3 is 2.36 bits per heavy atom. The SMILES string of the molecule is CC1Cc2sc3c(cc(-c4ccc(-c5nc6c(c7c5sc5ccccc57)N=CCC6C)cc4)n4c5cc6ccccc6cc5nc34)c2-c2ccccc21. The minimum atomic E-state index is 0.318. The summed E-state index contributed by atoms with van der Waals surface area (Å²) in [6.07, 6.45) is 4.03. The van der Waals surface area contributed by atoms with E-state index in [1.165, 1.54) is 62.6 Å². The molecule has 1 aliphatic heterocycles. The molecule has 0 spiro atoms. The maximum atomic E-state index is 5.42. The number of thiophene rings is 2. The van der Waals surface area contributed by atoms with Crippen molar-refractivity contribution in [2.75, 3.05) is 0 Å². The third-order valence-corrected chi connectivity index (χ3v) is 14.0. The van der Waals surface area contributed by atoms with E-state index < -0.39 is 0 Å². The lowest BCUT2D eigenvalue weighted by Crippen LogP contribution is -2.06. The number of hydrogen-bond donors (Lipinski definition) is 0. The minimum Gasteiger partial charge on any atom is -0.291 e. The first kappa shape index (κ1) is 29.8. The van der Waals surface area contributed by atoms with Crippen molar-refractivity contribution in [2.45, 2.75) is 38.5 Å². The molecule has 6 heterocycles. The van der Waals surface area contributed by atoms with E-state index in [-0.39, 0.29) is 0 Å². The zero-order valence-electron chi connectivity index (χ0n) is 29.2. The van der Waals surface area contributed by atoms with Crippen LogP contribution in [0.15, 0.2) is 120 Å². The third kappa shape index (κ3) is 4.19. The van der Waals surface area contributed by atoms with E-state index in [2.05, 4.69) is 140 Å². The lowest BCUT2D eigenvalue weighted by atomic mass is 9.82. The van der Waals surface area contributed by atoms with E-state index in [4.69, 9.17) is 15.0 Å². The van der Waals surface area contributed by atoms with Crippen molar-refractivity contribution in [1.82, 2.24) is 14.4 Å². The average Bonchev–Trinajstić information content (AvgIpc) is 3.88. The van der Waals surface area contributed by atoms with Crippen LogP contribution in [0, 0.1) is 0 Å². The molecule has 12 rings (SSSR count). The summed E-state index contributed by atoms with van der Waals surface area (Å²) in [5, 5.41) is 6.23. The summed E-state index contributed by atoms with van der Waals surface area (Å²) in [5.74, 6) is 0.803. The Balaban J connectivity index is 1.12. The van der Waals surface area contributed by atoms with Crippen molar-refractivity contribution < 1.29 is 0 Å². The second-order valence-corrected chi connectivity index (χ2v) is 17.0. The normalized spacial score (nSPS) is 16.6. The van der Waals surface area contributed by atoms with Crippen molar-refractivity contribution in [2.24, 2.45) is 4.99 Å². The van der Waals surface area contributed by atoms with Gasteiger partial charge in [0.1, 0.15) is 0 Å². The van der Waals surface area contributed by atoms with Crippen LogP contribution in [0.2, 0.25) is 0 Å². The molecule has 6 heteroatoms. The number of nitrogens with zero attached hydrogens (tertiary/aromatic N) is 4. The fraction of sp³-hybridized carbons (Fsp3) is 0.128. The maximum absolute atomic E-state index is 5.42. The molecule has 0 saturated heterocycles. The highest BCUT2D eigenvalue weighted by Gasteiger charge is 2.29. The van der Waals surface area contributed by atoms with Gasteiger partial charge in [0.25, 0.3) is 0 Å². The van der Waals surface area contributed by atoms with Gasteiger partial charge in [-0.3, -0.25) is 9.39 Å². The molecule has 2 aliphatic rings. The van der Waals surface area contributed by atoms with E-state index in [0.717, 1.165) is 63.4 Å². The van der Waals surface area contributed by atoms with Crippen molar-refractivity contribution >= 4 is 92.3 Å². The second kappa shape index (κ2) is 10.9. The van der Waals surface area contributed by atoms with Gasteiger partial charge in [0.15, 0.2) is 5.65 Å². The van der Waals surface area contributed by atoms with Crippen molar-refractivity contribution in [3.63, 3.8) is 0 Å². The van der Waals surface area contributed by atoms with Gasteiger partial charge in [-0.25, -0.2) is 9.97 Å². The highest BCUT2D eigenvalue weighted by molar-refractivity contribution is 7.26. The number of pyridine rings is 2. The summed E-state index contributed by atoms with van der Waals surface area (Å²) in [7, 11) is 0. The van der Waals surface area contributed by atoms with Gasteiger partial charge < -0.3 is 0 Å². The number of benzene rings is 5. The molecule has 0 saturated carbocycles. The summed E-state index contributed by atoms with van der Waals surface area (Å²) in [6, 6.07) is 42.5. The van der Waals surface area contributed by atoms with Crippen LogP contribution in [0.5, 0.6) is 0 Å². The minimum absolute atomic E-state index is 0.318. The van der Waals surface area contributed by atoms with Gasteiger partial charge in [0, 0.05) is 49.0 Å². The van der Waals surface area contributed by atoms with Gasteiger partial charge in [-0.05, 0) is 70.5 Å². The quantitative estimate of drug-likeness (QED) is 0.179. The van der Waals surface area contributed by atoms with Crippen LogP contribution in [-0.4, -0.2) is 20.6 Å². The van der Waals surface area contributed by atoms with Crippen LogP contribution in [-0.2, 0) is 6.42 Å². The van der Waals surface area contributed by atoms with Gasteiger partial charge in [-0.2, -0.15) is 0 Å². The molecule has 2 atom stereocenters. The summed E-state index contributed by atoms with van der Waals surface area (Å²) in [4.78, 5) is 17.2. The number of aromatic nitrogens is 3. The molecule has 10 aromatic rings. The molecule has 0 bridgehead atoms. The first-order valence-electron chi connectivity index (χ1n) is 18.5. The van der Waals surface area contributed by atoms with Crippen LogP contribution in [0.1, 0.15) is 48.2 Å². The number of fused-ring (bicyclic) bond motifs is 15. The largest absolute Gasteiger partial charge is 0.291 e. The molecule has 1 aliphatic carbocycles. The Labute approximate surface area is 313 Å². The molecule has 0 N–H and O–H groups in total. The van der Waals surface area contributed by atoms with Gasteiger partial charge in [0.2, 0.25) is 0 Å². The molecule has 0 radical (unpaired) electrons. The first-order chi connectivity index (χ1) is 26.1. The Morgan fingerprint density at radius 2 is 1.47 bits per heavy atom. The Hall–Kier alpha value is -5.69. The van der Waals surface area contributed by atoms with Gasteiger partial charge in [-0.15, -0.1) is 22.7 Å². The third-order valence-electron chi connectivity index (χ3n) is 11.6. The molecule has 53 heavy (non-hydrogen) atoms. The Bertz CT molecular complexity index is 3210. The van der Waals surface area contributed by atoms with Crippen molar-refractivity contribution in [3.8, 4) is 33.6 Å².